The van der Waals surface area contributed by atoms with Crippen LogP contribution < -0.4 is 20.1 Å². The quantitative estimate of drug-likeness (QED) is 0.319. The molecule has 3 aliphatic heterocycles. The average molecular weight is 481 g/mol. The fourth-order valence-corrected chi connectivity index (χ4v) is 4.56. The number of rotatable bonds is 8. The van der Waals surface area contributed by atoms with Crippen LogP contribution in [0.3, 0.4) is 0 Å². The van der Waals surface area contributed by atoms with E-state index in [1.807, 2.05) is 12.1 Å². The number of hydrogen-bond acceptors (Lipinski definition) is 7. The Morgan fingerprint density at radius 1 is 1.09 bits per heavy atom. The van der Waals surface area contributed by atoms with Gasteiger partial charge in [0.2, 0.25) is 0 Å². The summed E-state index contributed by atoms with van der Waals surface area (Å²) in [5.74, 6) is 1.79. The molecule has 1 spiro atoms. The van der Waals surface area contributed by atoms with Crippen molar-refractivity contribution in [2.75, 3.05) is 53.0 Å². The summed E-state index contributed by atoms with van der Waals surface area (Å²) in [4.78, 5) is 33.0. The number of benzene rings is 1. The van der Waals surface area contributed by atoms with Gasteiger partial charge >= 0.3 is 6.03 Å². The average Bonchev–Trinajstić information content (AvgIpc) is 3.20. The number of carboxylic acid groups (broad SMARTS) is 2. The Kier molecular flexibility index (Phi) is 11.4. The van der Waals surface area contributed by atoms with Crippen LogP contribution in [0.1, 0.15) is 31.2 Å². The molecule has 4 rings (SSSR count). The molecule has 3 saturated heterocycles. The molecule has 0 radical (unpaired) electrons. The monoisotopic (exact) mass is 480 g/mol. The van der Waals surface area contributed by atoms with Gasteiger partial charge in [-0.1, -0.05) is 6.42 Å². The van der Waals surface area contributed by atoms with Crippen LogP contribution in [0.15, 0.2) is 18.2 Å². The van der Waals surface area contributed by atoms with Crippen LogP contribution in [0.5, 0.6) is 11.5 Å². The van der Waals surface area contributed by atoms with Crippen molar-refractivity contribution in [2.45, 2.75) is 37.8 Å². The van der Waals surface area contributed by atoms with Gasteiger partial charge in [-0.05, 0) is 50.6 Å². The molecule has 11 nitrogen and oxygen atoms in total. The van der Waals surface area contributed by atoms with Gasteiger partial charge < -0.3 is 35.2 Å². The Morgan fingerprint density at radius 3 is 2.35 bits per heavy atom. The maximum absolute atomic E-state index is 11.4. The minimum Gasteiger partial charge on any atom is -0.496 e. The summed E-state index contributed by atoms with van der Waals surface area (Å²) in [5, 5.41) is 19.7. The molecule has 0 atom stereocenters. The van der Waals surface area contributed by atoms with Crippen LogP contribution in [-0.2, 0) is 16.1 Å². The van der Waals surface area contributed by atoms with Gasteiger partial charge in [-0.3, -0.25) is 14.5 Å². The number of methoxy groups -OCH3 is 1. The molecule has 2 amide bonds. The van der Waals surface area contributed by atoms with Crippen molar-refractivity contribution in [1.29, 1.82) is 0 Å². The van der Waals surface area contributed by atoms with Gasteiger partial charge in [-0.25, -0.2) is 4.79 Å². The molecule has 11 heteroatoms. The van der Waals surface area contributed by atoms with Gasteiger partial charge in [0.05, 0.1) is 19.3 Å². The minimum absolute atomic E-state index is 0.0582. The van der Waals surface area contributed by atoms with Crippen molar-refractivity contribution >= 4 is 19.0 Å². The highest BCUT2D eigenvalue weighted by atomic mass is 16.5. The van der Waals surface area contributed by atoms with Crippen LogP contribution in [0.2, 0.25) is 0 Å². The second-order valence-electron chi connectivity index (χ2n) is 8.52. The van der Waals surface area contributed by atoms with Gasteiger partial charge in [0, 0.05) is 38.3 Å². The molecule has 34 heavy (non-hydrogen) atoms. The standard InChI is InChI=1S/C21H32N4O3.2CH2O2/c1-27-19-7-6-18(28-11-5-10-24-8-3-2-4-9-24)12-17(19)13-25-15-21(16-25)14-22-20(26)23-21;2*2-1-3/h6-7,12H,2-5,8-11,13-16H2,1H3,(H2,22,23,26);2*1H,(H,2,3). The predicted octanol–water partition coefficient (Wildman–Crippen LogP) is 1.22. The number of ether oxygens (including phenoxy) is 2. The zero-order valence-corrected chi connectivity index (χ0v) is 19.7. The van der Waals surface area contributed by atoms with Crippen molar-refractivity contribution < 1.29 is 34.1 Å². The molecule has 0 bridgehead atoms. The summed E-state index contributed by atoms with van der Waals surface area (Å²) in [6.45, 7) is 7.06. The lowest BCUT2D eigenvalue weighted by molar-refractivity contribution is -0.123. The van der Waals surface area contributed by atoms with Crippen LogP contribution in [0, 0.1) is 0 Å². The normalized spacial score (nSPS) is 18.7. The maximum Gasteiger partial charge on any atom is 0.315 e. The first-order valence-electron chi connectivity index (χ1n) is 11.5. The van der Waals surface area contributed by atoms with Crippen molar-refractivity contribution in [3.63, 3.8) is 0 Å². The van der Waals surface area contributed by atoms with Crippen LogP contribution in [-0.4, -0.2) is 97.5 Å². The van der Waals surface area contributed by atoms with Crippen molar-refractivity contribution in [1.82, 2.24) is 20.4 Å². The number of amides is 2. The molecule has 0 unspecified atom stereocenters. The maximum atomic E-state index is 11.4. The van der Waals surface area contributed by atoms with E-state index >= 15 is 0 Å². The zero-order chi connectivity index (χ0) is 24.8. The molecule has 3 fully saturated rings. The summed E-state index contributed by atoms with van der Waals surface area (Å²) in [6, 6.07) is 6.01. The second kappa shape index (κ2) is 14.3. The molecule has 4 N–H and O–H groups in total. The third-order valence-corrected chi connectivity index (χ3v) is 6.00. The minimum atomic E-state index is -0.250. The largest absolute Gasteiger partial charge is 0.496 e. The number of likely N-dealkylation sites (tertiary alicyclic amines) is 2. The number of piperidine rings is 1. The molecule has 190 valence electrons. The van der Waals surface area contributed by atoms with E-state index in [-0.39, 0.29) is 24.5 Å². The predicted molar refractivity (Wildman–Crippen MR) is 125 cm³/mol. The summed E-state index contributed by atoms with van der Waals surface area (Å²) < 4.78 is 11.5. The molecular weight excluding hydrogens is 444 g/mol. The Labute approximate surface area is 200 Å². The lowest BCUT2D eigenvalue weighted by atomic mass is 9.90. The van der Waals surface area contributed by atoms with Crippen LogP contribution in [0.25, 0.3) is 0 Å². The highest BCUT2D eigenvalue weighted by molar-refractivity contribution is 5.78. The molecule has 1 aromatic rings. The number of carbonyl (C=O) groups excluding carboxylic acids is 1. The Balaban J connectivity index is 0.000000618. The van der Waals surface area contributed by atoms with E-state index in [1.165, 1.54) is 32.4 Å². The molecule has 3 aliphatic rings. The molecule has 0 aromatic heterocycles. The van der Waals surface area contributed by atoms with E-state index in [1.54, 1.807) is 7.11 Å². The molecular formula is C23H36N4O7. The first-order valence-corrected chi connectivity index (χ1v) is 11.5. The topological polar surface area (TPSA) is 141 Å². The van der Waals surface area contributed by atoms with Gasteiger partial charge in [-0.2, -0.15) is 0 Å². The van der Waals surface area contributed by atoms with Gasteiger partial charge in [0.1, 0.15) is 11.5 Å². The number of urea groups is 1. The number of hydrogen-bond donors (Lipinski definition) is 4. The summed E-state index contributed by atoms with van der Waals surface area (Å²) in [5.41, 5.74) is 1.04. The highest BCUT2D eigenvalue weighted by Crippen LogP contribution is 2.30. The highest BCUT2D eigenvalue weighted by Gasteiger charge is 2.47. The lowest BCUT2D eigenvalue weighted by Gasteiger charge is -2.47. The molecule has 1 aromatic carbocycles. The van der Waals surface area contributed by atoms with Gasteiger partial charge in [-0.15, -0.1) is 0 Å². The van der Waals surface area contributed by atoms with Crippen LogP contribution >= 0.6 is 0 Å². The smallest absolute Gasteiger partial charge is 0.315 e. The van der Waals surface area contributed by atoms with E-state index in [0.717, 1.165) is 56.3 Å². The van der Waals surface area contributed by atoms with Gasteiger partial charge in [0.15, 0.2) is 0 Å². The fraction of sp³-hybridized carbons (Fsp3) is 0.609. The number of nitrogens with one attached hydrogen (secondary N) is 2. The van der Waals surface area contributed by atoms with E-state index in [9.17, 15) is 4.79 Å². The van der Waals surface area contributed by atoms with Crippen molar-refractivity contribution in [2.24, 2.45) is 0 Å². The first-order chi connectivity index (χ1) is 16.5. The fourth-order valence-electron chi connectivity index (χ4n) is 4.56. The molecule has 0 saturated carbocycles. The summed E-state index contributed by atoms with van der Waals surface area (Å²) >= 11 is 0. The van der Waals surface area contributed by atoms with Crippen molar-refractivity contribution in [3.05, 3.63) is 23.8 Å². The Hall–Kier alpha value is -3.05. The first kappa shape index (κ1) is 27.2. The third kappa shape index (κ3) is 8.38. The van der Waals surface area contributed by atoms with E-state index in [2.05, 4.69) is 26.5 Å². The Morgan fingerprint density at radius 2 is 1.76 bits per heavy atom. The number of carbonyl (C=O) groups is 3. The lowest BCUT2D eigenvalue weighted by Crippen LogP contribution is -2.68. The molecule has 0 aliphatic carbocycles. The van der Waals surface area contributed by atoms with E-state index in [4.69, 9.17) is 29.3 Å². The summed E-state index contributed by atoms with van der Waals surface area (Å²) in [7, 11) is 1.71. The van der Waals surface area contributed by atoms with Gasteiger partial charge in [0.25, 0.3) is 12.9 Å². The Bertz CT molecular complexity index is 775. The zero-order valence-electron chi connectivity index (χ0n) is 19.7. The van der Waals surface area contributed by atoms with Crippen LogP contribution in [0.4, 0.5) is 4.79 Å². The van der Waals surface area contributed by atoms with E-state index in [0.29, 0.717) is 6.54 Å². The molecule has 3 heterocycles. The van der Waals surface area contributed by atoms with Crippen molar-refractivity contribution in [3.8, 4) is 11.5 Å². The van der Waals surface area contributed by atoms with E-state index < -0.39 is 0 Å². The SMILES string of the molecule is COc1ccc(OCCCN2CCCCC2)cc1CN1CC2(CNC(=O)N2)C1.O=CO.O=CO. The second-order valence-corrected chi connectivity index (χ2v) is 8.52. The number of nitrogens with zero attached hydrogens (tertiary/aromatic N) is 2. The summed E-state index contributed by atoms with van der Waals surface area (Å²) in [6.07, 6.45) is 5.10. The third-order valence-electron chi connectivity index (χ3n) is 6.00.